The predicted molar refractivity (Wildman–Crippen MR) is 121 cm³/mol. The first-order valence-electron chi connectivity index (χ1n) is 10.3. The quantitative estimate of drug-likeness (QED) is 0.549. The van der Waals surface area contributed by atoms with Crippen molar-refractivity contribution in [2.75, 3.05) is 18.5 Å². The standard InChI is InChI=1S/C22H20Cl2N4O4/c1-11(25-15-2-3-16(24)26-18(15)20(30)31)13-8-12(23)9-14-17(13)27-21-22(5-7-32-10-22)4-6-28(21)19(14)29/h2-3,8-9,11,25H,4-7,10H2,1H3,(H,30,31)/t11-,22-/m1/s1. The second kappa shape index (κ2) is 7.72. The smallest absolute Gasteiger partial charge is 0.356 e. The minimum absolute atomic E-state index is 0.0862. The van der Waals surface area contributed by atoms with Gasteiger partial charge in [0.2, 0.25) is 0 Å². The molecule has 2 aliphatic heterocycles. The zero-order valence-electron chi connectivity index (χ0n) is 17.2. The van der Waals surface area contributed by atoms with Crippen molar-refractivity contribution in [3.05, 3.63) is 61.9 Å². The number of nitrogens with one attached hydrogen (secondary N) is 1. The molecule has 166 valence electrons. The zero-order valence-corrected chi connectivity index (χ0v) is 18.7. The molecule has 1 spiro atoms. The predicted octanol–water partition coefficient (Wildman–Crippen LogP) is 4.03. The molecule has 2 atom stereocenters. The monoisotopic (exact) mass is 474 g/mol. The lowest BCUT2D eigenvalue weighted by molar-refractivity contribution is 0.0691. The largest absolute Gasteiger partial charge is 0.476 e. The molecule has 8 nitrogen and oxygen atoms in total. The summed E-state index contributed by atoms with van der Waals surface area (Å²) in [6, 6.07) is 6.05. The molecule has 0 saturated carbocycles. The summed E-state index contributed by atoms with van der Waals surface area (Å²) in [6.07, 6.45) is 1.65. The summed E-state index contributed by atoms with van der Waals surface area (Å²) in [5.74, 6) is -0.446. The van der Waals surface area contributed by atoms with Gasteiger partial charge < -0.3 is 15.2 Å². The van der Waals surface area contributed by atoms with E-state index < -0.39 is 12.0 Å². The maximum absolute atomic E-state index is 13.3. The Morgan fingerprint density at radius 3 is 2.81 bits per heavy atom. The summed E-state index contributed by atoms with van der Waals surface area (Å²) in [7, 11) is 0. The van der Waals surface area contributed by atoms with Gasteiger partial charge in [-0.05, 0) is 44.0 Å². The number of hydrogen-bond donors (Lipinski definition) is 2. The van der Waals surface area contributed by atoms with Gasteiger partial charge in [-0.25, -0.2) is 14.8 Å². The number of carboxylic acid groups (broad SMARTS) is 1. The Balaban J connectivity index is 1.64. The van der Waals surface area contributed by atoms with Crippen molar-refractivity contribution >= 4 is 45.8 Å². The van der Waals surface area contributed by atoms with Crippen LogP contribution in [0, 0.1) is 0 Å². The Kier molecular flexibility index (Phi) is 5.11. The van der Waals surface area contributed by atoms with Gasteiger partial charge in [-0.1, -0.05) is 23.2 Å². The number of hydrogen-bond acceptors (Lipinski definition) is 6. The van der Waals surface area contributed by atoms with Crippen LogP contribution in [0.2, 0.25) is 10.2 Å². The summed E-state index contributed by atoms with van der Waals surface area (Å²) in [6.45, 7) is 3.67. The summed E-state index contributed by atoms with van der Waals surface area (Å²) >= 11 is 12.2. The zero-order chi connectivity index (χ0) is 22.6. The van der Waals surface area contributed by atoms with E-state index in [1.807, 2.05) is 6.92 Å². The van der Waals surface area contributed by atoms with Crippen molar-refractivity contribution in [1.29, 1.82) is 0 Å². The van der Waals surface area contributed by atoms with Gasteiger partial charge in [0.1, 0.15) is 11.0 Å². The Bertz CT molecular complexity index is 1320. The highest BCUT2D eigenvalue weighted by atomic mass is 35.5. The fourth-order valence-electron chi connectivity index (χ4n) is 4.70. The molecule has 1 aromatic carbocycles. The Hall–Kier alpha value is -2.68. The number of aromatic carboxylic acids is 1. The Labute approximate surface area is 193 Å². The fourth-order valence-corrected chi connectivity index (χ4v) is 5.08. The van der Waals surface area contributed by atoms with E-state index in [9.17, 15) is 14.7 Å². The molecule has 4 heterocycles. The minimum atomic E-state index is -1.20. The van der Waals surface area contributed by atoms with E-state index in [1.165, 1.54) is 6.07 Å². The third-order valence-corrected chi connectivity index (χ3v) is 6.78. The van der Waals surface area contributed by atoms with E-state index in [0.29, 0.717) is 46.9 Å². The van der Waals surface area contributed by atoms with E-state index in [0.717, 1.165) is 18.7 Å². The van der Waals surface area contributed by atoms with Gasteiger partial charge in [0.25, 0.3) is 5.56 Å². The van der Waals surface area contributed by atoms with Crippen molar-refractivity contribution in [2.24, 2.45) is 0 Å². The first-order valence-corrected chi connectivity index (χ1v) is 11.0. The molecule has 1 fully saturated rings. The molecular weight excluding hydrogens is 455 g/mol. The first-order chi connectivity index (χ1) is 15.3. The van der Waals surface area contributed by atoms with Crippen LogP contribution >= 0.6 is 23.2 Å². The van der Waals surface area contributed by atoms with Crippen LogP contribution in [0.1, 0.15) is 47.7 Å². The van der Waals surface area contributed by atoms with E-state index in [1.54, 1.807) is 22.8 Å². The van der Waals surface area contributed by atoms with Crippen LogP contribution in [0.3, 0.4) is 0 Å². The van der Waals surface area contributed by atoms with Gasteiger partial charge >= 0.3 is 5.97 Å². The number of nitrogens with zero attached hydrogens (tertiary/aromatic N) is 3. The molecule has 5 rings (SSSR count). The average molecular weight is 475 g/mol. The molecule has 0 aliphatic carbocycles. The topological polar surface area (TPSA) is 106 Å². The van der Waals surface area contributed by atoms with Gasteiger partial charge in [0.15, 0.2) is 5.69 Å². The number of carboxylic acids is 1. The number of halogens is 2. The first kappa shape index (κ1) is 21.2. The molecule has 2 aromatic heterocycles. The fraction of sp³-hybridized carbons (Fsp3) is 0.364. The number of fused-ring (bicyclic) bond motifs is 3. The molecule has 32 heavy (non-hydrogen) atoms. The number of pyridine rings is 1. The third-order valence-electron chi connectivity index (χ3n) is 6.35. The van der Waals surface area contributed by atoms with Crippen LogP contribution in [-0.2, 0) is 16.7 Å². The highest BCUT2D eigenvalue weighted by Crippen LogP contribution is 2.41. The van der Waals surface area contributed by atoms with Crippen LogP contribution in [0.15, 0.2) is 29.1 Å². The Morgan fingerprint density at radius 1 is 1.28 bits per heavy atom. The van der Waals surface area contributed by atoms with Crippen molar-refractivity contribution in [3.8, 4) is 0 Å². The molecule has 10 heteroatoms. The molecule has 3 aromatic rings. The summed E-state index contributed by atoms with van der Waals surface area (Å²) < 4.78 is 7.39. The molecule has 2 aliphatic rings. The lowest BCUT2D eigenvalue weighted by Crippen LogP contribution is -2.29. The SMILES string of the molecule is C[C@@H](Nc1ccc(Cl)nc1C(=O)O)c1cc(Cl)cc2c(=O)n3c(nc12)[C@@]1(CCOC1)CC3. The second-order valence-electron chi connectivity index (χ2n) is 8.32. The van der Waals surface area contributed by atoms with Crippen LogP contribution < -0.4 is 10.9 Å². The summed E-state index contributed by atoms with van der Waals surface area (Å²) in [4.78, 5) is 33.8. The van der Waals surface area contributed by atoms with Crippen molar-refractivity contribution in [3.63, 3.8) is 0 Å². The molecule has 0 unspecified atom stereocenters. The highest BCUT2D eigenvalue weighted by molar-refractivity contribution is 6.31. The third kappa shape index (κ3) is 3.34. The number of rotatable bonds is 4. The molecule has 0 bridgehead atoms. The van der Waals surface area contributed by atoms with Crippen molar-refractivity contribution in [2.45, 2.75) is 37.8 Å². The minimum Gasteiger partial charge on any atom is -0.476 e. The van der Waals surface area contributed by atoms with Crippen LogP contribution in [-0.4, -0.2) is 38.8 Å². The number of ether oxygens (including phenoxy) is 1. The van der Waals surface area contributed by atoms with E-state index in [-0.39, 0.29) is 21.8 Å². The van der Waals surface area contributed by atoms with Gasteiger partial charge in [0, 0.05) is 23.7 Å². The normalized spacial score (nSPS) is 20.6. The van der Waals surface area contributed by atoms with E-state index in [4.69, 9.17) is 32.9 Å². The maximum atomic E-state index is 13.3. The number of anilines is 1. The molecule has 1 saturated heterocycles. The number of carbonyl (C=O) groups is 1. The lowest BCUT2D eigenvalue weighted by atomic mass is 9.85. The summed E-state index contributed by atoms with van der Waals surface area (Å²) in [5.41, 5.74) is 1.01. The highest BCUT2D eigenvalue weighted by Gasteiger charge is 2.44. The summed E-state index contributed by atoms with van der Waals surface area (Å²) in [5, 5.41) is 13.6. The molecule has 0 radical (unpaired) electrons. The number of aromatic nitrogens is 3. The van der Waals surface area contributed by atoms with Crippen molar-refractivity contribution < 1.29 is 14.6 Å². The molecule has 2 N–H and O–H groups in total. The Morgan fingerprint density at radius 2 is 2.09 bits per heavy atom. The maximum Gasteiger partial charge on any atom is 0.356 e. The number of benzene rings is 1. The van der Waals surface area contributed by atoms with Crippen LogP contribution in [0.4, 0.5) is 5.69 Å². The molecular formula is C22H20Cl2N4O4. The van der Waals surface area contributed by atoms with Gasteiger partial charge in [0.05, 0.1) is 34.7 Å². The van der Waals surface area contributed by atoms with Gasteiger partial charge in [-0.2, -0.15) is 0 Å². The van der Waals surface area contributed by atoms with Crippen molar-refractivity contribution in [1.82, 2.24) is 14.5 Å². The van der Waals surface area contributed by atoms with Gasteiger partial charge in [-0.3, -0.25) is 9.36 Å². The van der Waals surface area contributed by atoms with Crippen LogP contribution in [0.5, 0.6) is 0 Å². The lowest BCUT2D eigenvalue weighted by Gasteiger charge is -2.22. The molecule has 0 amide bonds. The van der Waals surface area contributed by atoms with E-state index >= 15 is 0 Å². The second-order valence-corrected chi connectivity index (χ2v) is 9.14. The van der Waals surface area contributed by atoms with E-state index in [2.05, 4.69) is 10.3 Å². The van der Waals surface area contributed by atoms with Gasteiger partial charge in [-0.15, -0.1) is 0 Å². The average Bonchev–Trinajstić information content (AvgIpc) is 3.37. The van der Waals surface area contributed by atoms with Crippen LogP contribution in [0.25, 0.3) is 10.9 Å².